The summed E-state index contributed by atoms with van der Waals surface area (Å²) in [5, 5.41) is 7.64. The maximum Gasteiger partial charge on any atom is 0.151 e. The molecule has 110 valence electrons. The fraction of sp³-hybridized carbons (Fsp3) is 0.769. The van der Waals surface area contributed by atoms with E-state index in [0.29, 0.717) is 0 Å². The summed E-state index contributed by atoms with van der Waals surface area (Å²) >= 11 is 0. The molecule has 1 atom stereocenters. The van der Waals surface area contributed by atoms with E-state index in [1.54, 1.807) is 6.92 Å². The summed E-state index contributed by atoms with van der Waals surface area (Å²) in [6, 6.07) is 2.06. The van der Waals surface area contributed by atoms with E-state index in [0.717, 1.165) is 25.2 Å². The lowest BCUT2D eigenvalue weighted by Gasteiger charge is -2.13. The first-order valence-corrected chi connectivity index (χ1v) is 8.61. The minimum absolute atomic E-state index is 0.00500. The molecule has 1 heterocycles. The second kappa shape index (κ2) is 7.05. The third-order valence-electron chi connectivity index (χ3n) is 3.09. The van der Waals surface area contributed by atoms with Gasteiger partial charge in [-0.05, 0) is 39.8 Å². The van der Waals surface area contributed by atoms with Crippen LogP contribution in [0.15, 0.2) is 6.07 Å². The Hall–Kier alpha value is -0.880. The predicted molar refractivity (Wildman–Crippen MR) is 78.1 cm³/mol. The maximum atomic E-state index is 11.5. The Morgan fingerprint density at radius 3 is 2.63 bits per heavy atom. The Labute approximate surface area is 116 Å². The van der Waals surface area contributed by atoms with E-state index < -0.39 is 9.84 Å². The van der Waals surface area contributed by atoms with Crippen molar-refractivity contribution in [3.05, 3.63) is 17.5 Å². The van der Waals surface area contributed by atoms with Crippen LogP contribution in [-0.4, -0.2) is 42.3 Å². The fourth-order valence-electron chi connectivity index (χ4n) is 2.04. The van der Waals surface area contributed by atoms with E-state index in [1.165, 1.54) is 5.69 Å². The molecule has 0 saturated heterocycles. The number of hydrogen-bond donors (Lipinski definition) is 1. The number of nitrogens with zero attached hydrogens (tertiary/aromatic N) is 2. The Bertz CT molecular complexity index is 494. The van der Waals surface area contributed by atoms with Gasteiger partial charge in [-0.2, -0.15) is 5.10 Å². The first-order valence-electron chi connectivity index (χ1n) is 6.79. The third-order valence-corrected chi connectivity index (χ3v) is 4.97. The van der Waals surface area contributed by atoms with Crippen LogP contribution in [0.1, 0.15) is 31.7 Å². The number of aromatic nitrogens is 2. The van der Waals surface area contributed by atoms with Crippen molar-refractivity contribution >= 4 is 9.84 Å². The van der Waals surface area contributed by atoms with Gasteiger partial charge in [0.25, 0.3) is 0 Å². The van der Waals surface area contributed by atoms with Crippen LogP contribution < -0.4 is 5.32 Å². The van der Waals surface area contributed by atoms with Crippen molar-refractivity contribution in [2.24, 2.45) is 0 Å². The second-order valence-electron chi connectivity index (χ2n) is 5.06. The van der Waals surface area contributed by atoms with Crippen molar-refractivity contribution in [2.45, 2.75) is 46.7 Å². The molecule has 0 aliphatic rings. The fourth-order valence-corrected chi connectivity index (χ4v) is 3.15. The summed E-state index contributed by atoms with van der Waals surface area (Å²) in [4.78, 5) is 0. The van der Waals surface area contributed by atoms with Gasteiger partial charge in [0.2, 0.25) is 0 Å². The van der Waals surface area contributed by atoms with Crippen LogP contribution in [-0.2, 0) is 16.4 Å². The average Bonchev–Trinajstić information content (AvgIpc) is 2.63. The normalized spacial score (nSPS) is 13.7. The molecule has 0 radical (unpaired) electrons. The van der Waals surface area contributed by atoms with Crippen LogP contribution in [0.25, 0.3) is 0 Å². The molecule has 0 spiro atoms. The smallest absolute Gasteiger partial charge is 0.151 e. The summed E-state index contributed by atoms with van der Waals surface area (Å²) in [6.45, 7) is 9.30. The molecule has 0 amide bonds. The van der Waals surface area contributed by atoms with Crippen LogP contribution in [0.3, 0.4) is 0 Å². The molecular formula is C13H25N3O2S. The Balaban J connectivity index is 2.26. The molecular weight excluding hydrogens is 262 g/mol. The lowest BCUT2D eigenvalue weighted by Crippen LogP contribution is -2.34. The van der Waals surface area contributed by atoms with E-state index in [9.17, 15) is 8.42 Å². The van der Waals surface area contributed by atoms with Gasteiger partial charge in [0.1, 0.15) is 0 Å². The average molecular weight is 287 g/mol. The SMILES string of the molecule is CCS(=O)(=O)CC(C)NCCCn1nc(C)cc1C. The van der Waals surface area contributed by atoms with Gasteiger partial charge < -0.3 is 5.32 Å². The van der Waals surface area contributed by atoms with Crippen LogP contribution >= 0.6 is 0 Å². The Morgan fingerprint density at radius 1 is 1.42 bits per heavy atom. The molecule has 1 unspecified atom stereocenters. The largest absolute Gasteiger partial charge is 0.313 e. The van der Waals surface area contributed by atoms with Crippen LogP contribution in [0.2, 0.25) is 0 Å². The van der Waals surface area contributed by atoms with E-state index in [-0.39, 0.29) is 17.5 Å². The molecule has 1 rings (SSSR count). The number of hydrogen-bond acceptors (Lipinski definition) is 4. The second-order valence-corrected chi connectivity index (χ2v) is 7.46. The quantitative estimate of drug-likeness (QED) is 0.732. The summed E-state index contributed by atoms with van der Waals surface area (Å²) in [5.41, 5.74) is 2.20. The highest BCUT2D eigenvalue weighted by molar-refractivity contribution is 7.91. The lowest BCUT2D eigenvalue weighted by atomic mass is 10.3. The summed E-state index contributed by atoms with van der Waals surface area (Å²) in [7, 11) is -2.89. The molecule has 0 fully saturated rings. The highest BCUT2D eigenvalue weighted by atomic mass is 32.2. The van der Waals surface area contributed by atoms with Gasteiger partial charge in [-0.15, -0.1) is 0 Å². The van der Waals surface area contributed by atoms with Gasteiger partial charge in [-0.1, -0.05) is 6.92 Å². The van der Waals surface area contributed by atoms with Crippen molar-refractivity contribution in [2.75, 3.05) is 18.1 Å². The Kier molecular flexibility index (Phi) is 6.00. The summed E-state index contributed by atoms with van der Waals surface area (Å²) in [6.07, 6.45) is 0.943. The molecule has 1 N–H and O–H groups in total. The minimum Gasteiger partial charge on any atom is -0.313 e. The summed E-state index contributed by atoms with van der Waals surface area (Å²) < 4.78 is 24.9. The standard InChI is InChI=1S/C13H25N3O2S/c1-5-19(17,18)10-12(3)14-7-6-8-16-13(4)9-11(2)15-16/h9,12,14H,5-8,10H2,1-4H3. The molecule has 19 heavy (non-hydrogen) atoms. The highest BCUT2D eigenvalue weighted by Gasteiger charge is 2.12. The maximum absolute atomic E-state index is 11.5. The molecule has 0 saturated carbocycles. The summed E-state index contributed by atoms with van der Waals surface area (Å²) in [5.74, 6) is 0.425. The zero-order valence-electron chi connectivity index (χ0n) is 12.3. The first kappa shape index (κ1) is 16.2. The topological polar surface area (TPSA) is 64.0 Å². The number of sulfone groups is 1. The number of aryl methyl sites for hydroxylation is 3. The molecule has 0 aliphatic carbocycles. The predicted octanol–water partition coefficient (Wildman–Crippen LogP) is 1.30. The number of nitrogens with one attached hydrogen (secondary N) is 1. The van der Waals surface area contributed by atoms with Gasteiger partial charge in [0.05, 0.1) is 11.4 Å². The molecule has 1 aromatic heterocycles. The first-order chi connectivity index (χ1) is 8.84. The van der Waals surface area contributed by atoms with Gasteiger partial charge in [-0.25, -0.2) is 8.42 Å². The molecule has 0 aliphatic heterocycles. The van der Waals surface area contributed by atoms with Crippen molar-refractivity contribution in [1.82, 2.24) is 15.1 Å². The van der Waals surface area contributed by atoms with Crippen molar-refractivity contribution in [3.8, 4) is 0 Å². The number of rotatable bonds is 8. The zero-order chi connectivity index (χ0) is 14.5. The van der Waals surface area contributed by atoms with E-state index >= 15 is 0 Å². The Morgan fingerprint density at radius 2 is 2.11 bits per heavy atom. The molecule has 0 bridgehead atoms. The highest BCUT2D eigenvalue weighted by Crippen LogP contribution is 2.02. The zero-order valence-corrected chi connectivity index (χ0v) is 13.1. The molecule has 0 aromatic carbocycles. The van der Waals surface area contributed by atoms with Gasteiger partial charge in [0, 0.05) is 24.0 Å². The van der Waals surface area contributed by atoms with Crippen molar-refractivity contribution in [1.29, 1.82) is 0 Å². The third kappa shape index (κ3) is 5.74. The van der Waals surface area contributed by atoms with Crippen molar-refractivity contribution in [3.63, 3.8) is 0 Å². The van der Waals surface area contributed by atoms with Gasteiger partial charge in [-0.3, -0.25) is 4.68 Å². The van der Waals surface area contributed by atoms with Crippen LogP contribution in [0.5, 0.6) is 0 Å². The van der Waals surface area contributed by atoms with Gasteiger partial charge in [0.15, 0.2) is 9.84 Å². The minimum atomic E-state index is -2.89. The lowest BCUT2D eigenvalue weighted by molar-refractivity contribution is 0.503. The van der Waals surface area contributed by atoms with Crippen LogP contribution in [0, 0.1) is 13.8 Å². The van der Waals surface area contributed by atoms with E-state index in [1.807, 2.05) is 25.5 Å². The molecule has 5 nitrogen and oxygen atoms in total. The molecule has 6 heteroatoms. The monoisotopic (exact) mass is 287 g/mol. The molecule has 1 aromatic rings. The van der Waals surface area contributed by atoms with E-state index in [2.05, 4.69) is 16.5 Å². The van der Waals surface area contributed by atoms with Crippen LogP contribution in [0.4, 0.5) is 0 Å². The van der Waals surface area contributed by atoms with Gasteiger partial charge >= 0.3 is 0 Å². The van der Waals surface area contributed by atoms with Crippen molar-refractivity contribution < 1.29 is 8.42 Å². The van der Waals surface area contributed by atoms with E-state index in [4.69, 9.17) is 0 Å².